The van der Waals surface area contributed by atoms with Crippen molar-refractivity contribution in [2.24, 2.45) is 0 Å². The number of aryl methyl sites for hydroxylation is 1. The molecule has 0 saturated carbocycles. The molecule has 0 bridgehead atoms. The average molecular weight is 318 g/mol. The molecule has 1 N–H and O–H groups in total. The van der Waals surface area contributed by atoms with E-state index in [0.717, 1.165) is 11.3 Å². The molecule has 2 heterocycles. The average Bonchev–Trinajstić information content (AvgIpc) is 2.51. The number of carbonyl (C=O) groups is 2. The molecule has 1 aromatic rings. The van der Waals surface area contributed by atoms with Gasteiger partial charge in [-0.1, -0.05) is 0 Å². The summed E-state index contributed by atoms with van der Waals surface area (Å²) in [6.45, 7) is 5.15. The number of rotatable bonds is 3. The minimum atomic E-state index is -0.0296. The smallest absolute Gasteiger partial charge is 0.260 e. The highest BCUT2D eigenvalue weighted by Gasteiger charge is 2.26. The molecule has 1 aromatic carbocycles. The molecule has 2 aliphatic heterocycles. The highest BCUT2D eigenvalue weighted by Crippen LogP contribution is 2.26. The summed E-state index contributed by atoms with van der Waals surface area (Å²) in [6.07, 6.45) is 1.29. The fourth-order valence-corrected chi connectivity index (χ4v) is 3.07. The molecule has 0 aromatic heterocycles. The number of benzene rings is 1. The lowest BCUT2D eigenvalue weighted by Crippen LogP contribution is -2.49. The minimum Gasteiger partial charge on any atom is -0.484 e. The van der Waals surface area contributed by atoms with Gasteiger partial charge in [-0.2, -0.15) is 0 Å². The highest BCUT2D eigenvalue weighted by atomic mass is 16.5. The molecule has 23 heavy (non-hydrogen) atoms. The highest BCUT2D eigenvalue weighted by molar-refractivity contribution is 5.94. The lowest BCUT2D eigenvalue weighted by Gasteiger charge is -2.35. The zero-order chi connectivity index (χ0) is 16.4. The summed E-state index contributed by atoms with van der Waals surface area (Å²) in [5.41, 5.74) is 1.87. The van der Waals surface area contributed by atoms with Gasteiger partial charge in [0.2, 0.25) is 5.91 Å². The van der Waals surface area contributed by atoms with Crippen molar-refractivity contribution in [2.45, 2.75) is 38.9 Å². The zero-order valence-corrected chi connectivity index (χ0v) is 13.5. The molecule has 6 nitrogen and oxygen atoms in total. The molecular weight excluding hydrogens is 296 g/mol. The van der Waals surface area contributed by atoms with Gasteiger partial charge in [-0.15, -0.1) is 0 Å². The predicted molar refractivity (Wildman–Crippen MR) is 85.5 cm³/mol. The van der Waals surface area contributed by atoms with Gasteiger partial charge in [0.25, 0.3) is 5.91 Å². The van der Waals surface area contributed by atoms with Crippen molar-refractivity contribution >= 4 is 17.5 Å². The summed E-state index contributed by atoms with van der Waals surface area (Å²) in [5.74, 6) is 0.664. The molecule has 0 radical (unpaired) electrons. The van der Waals surface area contributed by atoms with E-state index in [2.05, 4.69) is 5.32 Å². The number of anilines is 1. The molecule has 2 atom stereocenters. The number of carbonyl (C=O) groups excluding carboxylic acids is 2. The van der Waals surface area contributed by atoms with Gasteiger partial charge in [0.1, 0.15) is 5.75 Å². The third kappa shape index (κ3) is 3.82. The van der Waals surface area contributed by atoms with Crippen LogP contribution in [0, 0.1) is 0 Å². The number of morpholine rings is 1. The van der Waals surface area contributed by atoms with E-state index in [0.29, 0.717) is 31.7 Å². The lowest BCUT2D eigenvalue weighted by atomic mass is 10.0. The normalized spacial score (nSPS) is 23.9. The van der Waals surface area contributed by atoms with E-state index in [-0.39, 0.29) is 30.6 Å². The van der Waals surface area contributed by atoms with Crippen LogP contribution < -0.4 is 10.1 Å². The van der Waals surface area contributed by atoms with E-state index >= 15 is 0 Å². The van der Waals surface area contributed by atoms with Crippen molar-refractivity contribution in [3.8, 4) is 5.75 Å². The van der Waals surface area contributed by atoms with E-state index in [9.17, 15) is 9.59 Å². The van der Waals surface area contributed by atoms with E-state index in [1.54, 1.807) is 11.0 Å². The Kier molecular flexibility index (Phi) is 4.52. The second-order valence-electron chi connectivity index (χ2n) is 6.21. The molecule has 6 heteroatoms. The molecule has 0 spiro atoms. The van der Waals surface area contributed by atoms with Gasteiger partial charge in [0.15, 0.2) is 6.61 Å². The van der Waals surface area contributed by atoms with Crippen molar-refractivity contribution in [3.05, 3.63) is 23.8 Å². The second kappa shape index (κ2) is 6.58. The van der Waals surface area contributed by atoms with Gasteiger partial charge in [0, 0.05) is 25.2 Å². The number of hydrogen-bond donors (Lipinski definition) is 1. The fraction of sp³-hybridized carbons (Fsp3) is 0.529. The van der Waals surface area contributed by atoms with Gasteiger partial charge in [-0.3, -0.25) is 9.59 Å². The Hall–Kier alpha value is -2.08. The first kappa shape index (κ1) is 15.8. The summed E-state index contributed by atoms with van der Waals surface area (Å²) < 4.78 is 11.3. The molecular formula is C17H22N2O4. The molecule has 0 aliphatic carbocycles. The predicted octanol–water partition coefficient (Wildman–Crippen LogP) is 1.59. The van der Waals surface area contributed by atoms with Crippen LogP contribution in [-0.2, 0) is 20.7 Å². The van der Waals surface area contributed by atoms with Crippen molar-refractivity contribution in [2.75, 3.05) is 25.0 Å². The number of nitrogens with one attached hydrogen (secondary N) is 1. The topological polar surface area (TPSA) is 67.9 Å². The van der Waals surface area contributed by atoms with Crippen LogP contribution in [-0.4, -0.2) is 48.6 Å². The lowest BCUT2D eigenvalue weighted by molar-refractivity contribution is -0.145. The monoisotopic (exact) mass is 318 g/mol. The summed E-state index contributed by atoms with van der Waals surface area (Å²) in [7, 11) is 0. The van der Waals surface area contributed by atoms with Crippen molar-refractivity contribution in [3.63, 3.8) is 0 Å². The van der Waals surface area contributed by atoms with Gasteiger partial charge < -0.3 is 19.7 Å². The largest absolute Gasteiger partial charge is 0.484 e. The third-order valence-corrected chi connectivity index (χ3v) is 4.11. The Morgan fingerprint density at radius 1 is 1.30 bits per heavy atom. The number of amides is 2. The second-order valence-corrected chi connectivity index (χ2v) is 6.21. The number of hydrogen-bond acceptors (Lipinski definition) is 4. The van der Waals surface area contributed by atoms with Gasteiger partial charge >= 0.3 is 0 Å². The zero-order valence-electron chi connectivity index (χ0n) is 13.5. The van der Waals surface area contributed by atoms with Crippen molar-refractivity contribution in [1.29, 1.82) is 0 Å². The number of fused-ring (bicyclic) bond motifs is 1. The standard InChI is InChI=1S/C17H22N2O4/c1-11-8-19(9-12(2)23-11)17(21)10-22-14-4-5-15-13(7-14)3-6-16(20)18-15/h4-5,7,11-12H,3,6,8-10H2,1-2H3,(H,18,20). The maximum Gasteiger partial charge on any atom is 0.260 e. The maximum atomic E-state index is 12.3. The van der Waals surface area contributed by atoms with E-state index in [4.69, 9.17) is 9.47 Å². The Morgan fingerprint density at radius 2 is 2.04 bits per heavy atom. The Labute approximate surface area is 135 Å². The van der Waals surface area contributed by atoms with E-state index in [1.165, 1.54) is 0 Å². The molecule has 1 saturated heterocycles. The fourth-order valence-electron chi connectivity index (χ4n) is 3.07. The number of ether oxygens (including phenoxy) is 2. The van der Waals surface area contributed by atoms with Gasteiger partial charge in [-0.05, 0) is 44.0 Å². The van der Waals surface area contributed by atoms with Crippen LogP contribution in [0.2, 0.25) is 0 Å². The first-order valence-corrected chi connectivity index (χ1v) is 8.00. The molecule has 3 rings (SSSR count). The summed E-state index contributed by atoms with van der Waals surface area (Å²) in [6, 6.07) is 5.50. The van der Waals surface area contributed by atoms with Crippen LogP contribution in [0.25, 0.3) is 0 Å². The first-order chi connectivity index (χ1) is 11.0. The molecule has 1 fully saturated rings. The summed E-state index contributed by atoms with van der Waals surface area (Å²) >= 11 is 0. The van der Waals surface area contributed by atoms with Crippen LogP contribution in [0.1, 0.15) is 25.8 Å². The Bertz CT molecular complexity index is 607. The Morgan fingerprint density at radius 3 is 2.78 bits per heavy atom. The van der Waals surface area contributed by atoms with Crippen LogP contribution in [0.4, 0.5) is 5.69 Å². The maximum absolute atomic E-state index is 12.3. The molecule has 2 amide bonds. The van der Waals surface area contributed by atoms with Crippen LogP contribution in [0.15, 0.2) is 18.2 Å². The van der Waals surface area contributed by atoms with Crippen molar-refractivity contribution in [1.82, 2.24) is 4.90 Å². The molecule has 124 valence electrons. The van der Waals surface area contributed by atoms with Gasteiger partial charge in [0.05, 0.1) is 12.2 Å². The number of nitrogens with zero attached hydrogens (tertiary/aromatic N) is 1. The Balaban J connectivity index is 1.58. The van der Waals surface area contributed by atoms with Crippen LogP contribution in [0.3, 0.4) is 0 Å². The van der Waals surface area contributed by atoms with Crippen LogP contribution >= 0.6 is 0 Å². The first-order valence-electron chi connectivity index (χ1n) is 8.00. The summed E-state index contributed by atoms with van der Waals surface area (Å²) in [5, 5.41) is 2.83. The molecule has 2 unspecified atom stereocenters. The van der Waals surface area contributed by atoms with E-state index < -0.39 is 0 Å². The quantitative estimate of drug-likeness (QED) is 0.919. The summed E-state index contributed by atoms with van der Waals surface area (Å²) in [4.78, 5) is 25.4. The van der Waals surface area contributed by atoms with E-state index in [1.807, 2.05) is 26.0 Å². The van der Waals surface area contributed by atoms with Crippen molar-refractivity contribution < 1.29 is 19.1 Å². The minimum absolute atomic E-state index is 0.0184. The van der Waals surface area contributed by atoms with Gasteiger partial charge in [-0.25, -0.2) is 0 Å². The SMILES string of the molecule is CC1CN(C(=O)COc2ccc3c(c2)CCC(=O)N3)CC(C)O1. The van der Waals surface area contributed by atoms with Crippen LogP contribution in [0.5, 0.6) is 5.75 Å². The third-order valence-electron chi connectivity index (χ3n) is 4.11. The molecule has 2 aliphatic rings.